The fraction of sp³-hybridized carbons (Fsp3) is 0.526. The Morgan fingerprint density at radius 2 is 1.73 bits per heavy atom. The van der Waals surface area contributed by atoms with Crippen molar-refractivity contribution < 1.29 is 19.1 Å². The Bertz CT molecular complexity index is 586. The molecule has 0 saturated heterocycles. The van der Waals surface area contributed by atoms with Crippen LogP contribution in [0.2, 0.25) is 0 Å². The number of ether oxygens (including phenoxy) is 1. The lowest BCUT2D eigenvalue weighted by Crippen LogP contribution is -2.44. The summed E-state index contributed by atoms with van der Waals surface area (Å²) < 4.78 is 5.07. The lowest BCUT2D eigenvalue weighted by molar-refractivity contribution is -0.145. The molecule has 7 nitrogen and oxygen atoms in total. The van der Waals surface area contributed by atoms with Crippen molar-refractivity contribution >= 4 is 17.9 Å². The standard InChI is InChI=1S/C19H27N3O4/c23-17(11-12-20-19(25)22-16-9-5-2-6-10-16)21-13-18(24)26-14-15-7-3-1-4-8-15/h1,3-4,7-8,16H,2,5-6,9-14H2,(H,21,23)(H2,20,22,25). The van der Waals surface area contributed by atoms with Crippen LogP contribution in [0.3, 0.4) is 0 Å². The zero-order chi connectivity index (χ0) is 18.6. The first-order chi connectivity index (χ1) is 12.6. The molecule has 0 radical (unpaired) electrons. The van der Waals surface area contributed by atoms with Crippen molar-refractivity contribution in [3.63, 3.8) is 0 Å². The molecule has 0 heterocycles. The summed E-state index contributed by atoms with van der Waals surface area (Å²) in [6.07, 6.45) is 5.66. The van der Waals surface area contributed by atoms with E-state index in [0.29, 0.717) is 0 Å². The van der Waals surface area contributed by atoms with Crippen molar-refractivity contribution in [3.05, 3.63) is 35.9 Å². The molecule has 26 heavy (non-hydrogen) atoms. The van der Waals surface area contributed by atoms with Crippen molar-refractivity contribution in [1.29, 1.82) is 0 Å². The molecule has 3 amide bonds. The number of carbonyl (C=O) groups excluding carboxylic acids is 3. The third kappa shape index (κ3) is 8.00. The van der Waals surface area contributed by atoms with Crippen LogP contribution in [-0.2, 0) is 20.9 Å². The Kier molecular flexibility index (Phi) is 8.45. The smallest absolute Gasteiger partial charge is 0.325 e. The number of rotatable bonds is 8. The molecule has 1 fully saturated rings. The van der Waals surface area contributed by atoms with Gasteiger partial charge in [-0.3, -0.25) is 9.59 Å². The number of carbonyl (C=O) groups is 3. The first-order valence-electron chi connectivity index (χ1n) is 9.14. The highest BCUT2D eigenvalue weighted by molar-refractivity contribution is 5.82. The van der Waals surface area contributed by atoms with Crippen LogP contribution >= 0.6 is 0 Å². The minimum Gasteiger partial charge on any atom is -0.460 e. The molecular weight excluding hydrogens is 334 g/mol. The van der Waals surface area contributed by atoms with Crippen LogP contribution < -0.4 is 16.0 Å². The summed E-state index contributed by atoms with van der Waals surface area (Å²) in [5.41, 5.74) is 0.889. The van der Waals surface area contributed by atoms with E-state index < -0.39 is 5.97 Å². The number of esters is 1. The van der Waals surface area contributed by atoms with Crippen molar-refractivity contribution in [1.82, 2.24) is 16.0 Å². The lowest BCUT2D eigenvalue weighted by atomic mass is 9.96. The van der Waals surface area contributed by atoms with Gasteiger partial charge in [-0.2, -0.15) is 0 Å². The predicted octanol–water partition coefficient (Wildman–Crippen LogP) is 1.87. The molecule has 0 unspecified atom stereocenters. The van der Waals surface area contributed by atoms with Crippen LogP contribution in [0.5, 0.6) is 0 Å². The van der Waals surface area contributed by atoms with E-state index in [4.69, 9.17) is 4.74 Å². The summed E-state index contributed by atoms with van der Waals surface area (Å²) >= 11 is 0. The molecular formula is C19H27N3O4. The molecule has 1 saturated carbocycles. The second-order valence-corrected chi connectivity index (χ2v) is 6.41. The monoisotopic (exact) mass is 361 g/mol. The Hall–Kier alpha value is -2.57. The Morgan fingerprint density at radius 1 is 1.00 bits per heavy atom. The van der Waals surface area contributed by atoms with Gasteiger partial charge in [-0.25, -0.2) is 4.79 Å². The van der Waals surface area contributed by atoms with E-state index in [9.17, 15) is 14.4 Å². The predicted molar refractivity (Wildman–Crippen MR) is 97.3 cm³/mol. The summed E-state index contributed by atoms with van der Waals surface area (Å²) in [6, 6.07) is 9.31. The minimum absolute atomic E-state index is 0.115. The quantitative estimate of drug-likeness (QED) is 0.616. The second kappa shape index (κ2) is 11.1. The summed E-state index contributed by atoms with van der Waals surface area (Å²) in [6.45, 7) is 0.224. The van der Waals surface area contributed by atoms with Crippen LogP contribution in [0.15, 0.2) is 30.3 Å². The summed E-state index contributed by atoms with van der Waals surface area (Å²) in [7, 11) is 0. The fourth-order valence-corrected chi connectivity index (χ4v) is 2.82. The van der Waals surface area contributed by atoms with Gasteiger partial charge >= 0.3 is 12.0 Å². The number of nitrogens with one attached hydrogen (secondary N) is 3. The van der Waals surface area contributed by atoms with Gasteiger partial charge in [0.25, 0.3) is 0 Å². The van der Waals surface area contributed by atoms with E-state index in [1.807, 2.05) is 30.3 Å². The molecule has 142 valence electrons. The van der Waals surface area contributed by atoms with Crippen LogP contribution in [0.25, 0.3) is 0 Å². The highest BCUT2D eigenvalue weighted by Gasteiger charge is 2.15. The van der Waals surface area contributed by atoms with Gasteiger partial charge in [-0.15, -0.1) is 0 Å². The van der Waals surface area contributed by atoms with Crippen LogP contribution in [0.4, 0.5) is 4.79 Å². The van der Waals surface area contributed by atoms with Gasteiger partial charge in [0.2, 0.25) is 5.91 Å². The maximum atomic E-state index is 11.8. The van der Waals surface area contributed by atoms with Gasteiger partial charge in [0.05, 0.1) is 0 Å². The molecule has 1 aromatic rings. The largest absolute Gasteiger partial charge is 0.460 e. The van der Waals surface area contributed by atoms with Gasteiger partial charge in [0, 0.05) is 19.0 Å². The highest BCUT2D eigenvalue weighted by Crippen LogP contribution is 2.17. The van der Waals surface area contributed by atoms with E-state index in [1.54, 1.807) is 0 Å². The van der Waals surface area contributed by atoms with E-state index in [1.165, 1.54) is 6.42 Å². The SMILES string of the molecule is O=C(CCNC(=O)NC1CCCCC1)NCC(=O)OCc1ccccc1. The Balaban J connectivity index is 1.51. The number of benzene rings is 1. The third-order valence-electron chi connectivity index (χ3n) is 4.25. The average molecular weight is 361 g/mol. The van der Waals surface area contributed by atoms with Gasteiger partial charge in [0.15, 0.2) is 0 Å². The maximum absolute atomic E-state index is 11.8. The molecule has 0 aromatic heterocycles. The highest BCUT2D eigenvalue weighted by atomic mass is 16.5. The molecule has 2 rings (SSSR count). The van der Waals surface area contributed by atoms with E-state index in [-0.39, 0.29) is 44.1 Å². The molecule has 0 spiro atoms. The van der Waals surface area contributed by atoms with Crippen molar-refractivity contribution in [2.75, 3.05) is 13.1 Å². The molecule has 1 aromatic carbocycles. The van der Waals surface area contributed by atoms with Gasteiger partial charge < -0.3 is 20.7 Å². The molecule has 1 aliphatic rings. The van der Waals surface area contributed by atoms with Gasteiger partial charge in [-0.05, 0) is 18.4 Å². The fourth-order valence-electron chi connectivity index (χ4n) is 2.82. The van der Waals surface area contributed by atoms with Gasteiger partial charge in [0.1, 0.15) is 13.2 Å². The summed E-state index contributed by atoms with van der Waals surface area (Å²) in [5.74, 6) is -0.801. The number of amides is 3. The van der Waals surface area contributed by atoms with Crippen LogP contribution in [-0.4, -0.2) is 37.0 Å². The van der Waals surface area contributed by atoms with Crippen molar-refractivity contribution in [2.24, 2.45) is 0 Å². The Labute approximate surface area is 153 Å². The molecule has 7 heteroatoms. The molecule has 0 aliphatic heterocycles. The van der Waals surface area contributed by atoms with Gasteiger partial charge in [-0.1, -0.05) is 49.6 Å². The number of hydrogen-bond donors (Lipinski definition) is 3. The van der Waals surface area contributed by atoms with E-state index in [2.05, 4.69) is 16.0 Å². The van der Waals surface area contributed by atoms with Crippen LogP contribution in [0.1, 0.15) is 44.1 Å². The normalized spacial score (nSPS) is 14.3. The first-order valence-corrected chi connectivity index (χ1v) is 9.14. The topological polar surface area (TPSA) is 96.5 Å². The summed E-state index contributed by atoms with van der Waals surface area (Å²) in [4.78, 5) is 35.1. The maximum Gasteiger partial charge on any atom is 0.325 e. The first kappa shape index (κ1) is 19.8. The van der Waals surface area contributed by atoms with Crippen LogP contribution in [0, 0.1) is 0 Å². The van der Waals surface area contributed by atoms with Crippen molar-refractivity contribution in [2.45, 2.75) is 51.2 Å². The lowest BCUT2D eigenvalue weighted by Gasteiger charge is -2.22. The molecule has 1 aliphatic carbocycles. The average Bonchev–Trinajstić information content (AvgIpc) is 2.66. The number of urea groups is 1. The zero-order valence-electron chi connectivity index (χ0n) is 15.0. The summed E-state index contributed by atoms with van der Waals surface area (Å²) in [5, 5.41) is 8.08. The Morgan fingerprint density at radius 3 is 2.46 bits per heavy atom. The van der Waals surface area contributed by atoms with Crippen molar-refractivity contribution in [3.8, 4) is 0 Å². The minimum atomic E-state index is -0.495. The number of hydrogen-bond acceptors (Lipinski definition) is 4. The van der Waals surface area contributed by atoms with E-state index in [0.717, 1.165) is 31.2 Å². The third-order valence-corrected chi connectivity index (χ3v) is 4.25. The molecule has 0 atom stereocenters. The second-order valence-electron chi connectivity index (χ2n) is 6.41. The van der Waals surface area contributed by atoms with E-state index >= 15 is 0 Å². The molecule has 3 N–H and O–H groups in total. The molecule has 0 bridgehead atoms. The zero-order valence-corrected chi connectivity index (χ0v) is 15.0.